The quantitative estimate of drug-likeness (QED) is 0.639. The maximum absolute atomic E-state index is 14.2. The van der Waals surface area contributed by atoms with Gasteiger partial charge in [-0.05, 0) is 43.5 Å². The summed E-state index contributed by atoms with van der Waals surface area (Å²) < 4.78 is 42.0. The summed E-state index contributed by atoms with van der Waals surface area (Å²) in [4.78, 5) is 24.6. The van der Waals surface area contributed by atoms with Crippen molar-refractivity contribution in [1.82, 2.24) is 9.62 Å². The fourth-order valence-electron chi connectivity index (χ4n) is 3.98. The van der Waals surface area contributed by atoms with Gasteiger partial charge in [0.25, 0.3) is 0 Å². The Bertz CT molecular complexity index is 1100. The van der Waals surface area contributed by atoms with Crippen LogP contribution in [-0.2, 0) is 20.2 Å². The molecule has 3 rings (SSSR count). The number of Topliss-reactive ketones (excluding diaryl/α,β-unsaturated/α-hetero) is 1. The molecule has 1 aliphatic heterocycles. The minimum absolute atomic E-state index is 0.0499. The van der Waals surface area contributed by atoms with Crippen molar-refractivity contribution in [3.8, 4) is 0 Å². The summed E-state index contributed by atoms with van der Waals surface area (Å²) in [6.07, 6.45) is 1.82. The van der Waals surface area contributed by atoms with Gasteiger partial charge in [-0.3, -0.25) is 9.59 Å². The Balaban J connectivity index is 1.77. The first kappa shape index (κ1) is 24.1. The number of benzene rings is 2. The maximum Gasteiger partial charge on any atom is 0.243 e. The Kier molecular flexibility index (Phi) is 7.15. The highest BCUT2D eigenvalue weighted by Crippen LogP contribution is 2.28. The second kappa shape index (κ2) is 9.50. The van der Waals surface area contributed by atoms with Gasteiger partial charge in [-0.25, -0.2) is 12.8 Å². The van der Waals surface area contributed by atoms with Gasteiger partial charge in [0.1, 0.15) is 11.9 Å². The molecule has 0 bridgehead atoms. The molecule has 2 aromatic carbocycles. The molecule has 6 nitrogen and oxygen atoms in total. The summed E-state index contributed by atoms with van der Waals surface area (Å²) >= 11 is 0. The standard InChI is InChI=1S/C24H29FN2O4S/c1-17(28)18-11-13-19(14-12-18)32(30,31)27-15-7-6-10-22(27)23(29)26-16-24(2,3)20-8-4-5-9-21(20)25/h4-5,8-9,11-14,22H,6-7,10,15-16H2,1-3H3,(H,26,29). The number of halogens is 1. The van der Waals surface area contributed by atoms with Crippen molar-refractivity contribution >= 4 is 21.7 Å². The average Bonchev–Trinajstić information content (AvgIpc) is 2.77. The Morgan fingerprint density at radius 3 is 2.38 bits per heavy atom. The first-order valence-electron chi connectivity index (χ1n) is 10.7. The Morgan fingerprint density at radius 2 is 1.75 bits per heavy atom. The highest BCUT2D eigenvalue weighted by Gasteiger charge is 2.38. The molecule has 2 aromatic rings. The second-order valence-electron chi connectivity index (χ2n) is 8.79. The van der Waals surface area contributed by atoms with Crippen LogP contribution in [0.15, 0.2) is 53.4 Å². The normalized spacial score (nSPS) is 17.7. The molecular formula is C24H29FN2O4S. The molecule has 0 spiro atoms. The largest absolute Gasteiger partial charge is 0.354 e. The van der Waals surface area contributed by atoms with E-state index in [2.05, 4.69) is 5.32 Å². The number of nitrogens with zero attached hydrogens (tertiary/aromatic N) is 1. The van der Waals surface area contributed by atoms with Crippen LogP contribution in [0.2, 0.25) is 0 Å². The molecule has 0 radical (unpaired) electrons. The molecule has 0 aliphatic carbocycles. The molecule has 1 saturated heterocycles. The van der Waals surface area contributed by atoms with Crippen LogP contribution in [0.25, 0.3) is 0 Å². The van der Waals surface area contributed by atoms with Gasteiger partial charge in [0, 0.05) is 24.1 Å². The van der Waals surface area contributed by atoms with E-state index in [0.717, 1.165) is 6.42 Å². The molecule has 8 heteroatoms. The molecule has 1 fully saturated rings. The van der Waals surface area contributed by atoms with Gasteiger partial charge in [0.2, 0.25) is 15.9 Å². The van der Waals surface area contributed by atoms with Crippen molar-refractivity contribution in [2.75, 3.05) is 13.1 Å². The van der Waals surface area contributed by atoms with Crippen molar-refractivity contribution < 1.29 is 22.4 Å². The number of carbonyl (C=O) groups excluding carboxylic acids is 2. The van der Waals surface area contributed by atoms with E-state index in [1.807, 2.05) is 13.8 Å². The van der Waals surface area contributed by atoms with E-state index < -0.39 is 27.4 Å². The predicted molar refractivity (Wildman–Crippen MR) is 120 cm³/mol. The van der Waals surface area contributed by atoms with Crippen molar-refractivity contribution in [3.05, 3.63) is 65.5 Å². The molecular weight excluding hydrogens is 431 g/mol. The molecule has 0 saturated carbocycles. The number of piperidine rings is 1. The van der Waals surface area contributed by atoms with Crippen molar-refractivity contribution in [3.63, 3.8) is 0 Å². The number of carbonyl (C=O) groups is 2. The Morgan fingerprint density at radius 1 is 1.09 bits per heavy atom. The Hall–Kier alpha value is -2.58. The third-order valence-corrected chi connectivity index (χ3v) is 7.85. The smallest absolute Gasteiger partial charge is 0.243 e. The molecule has 172 valence electrons. The number of nitrogens with one attached hydrogen (secondary N) is 1. The van der Waals surface area contributed by atoms with Gasteiger partial charge in [-0.15, -0.1) is 0 Å². The lowest BCUT2D eigenvalue weighted by molar-refractivity contribution is -0.125. The summed E-state index contributed by atoms with van der Waals surface area (Å²) in [7, 11) is -3.91. The lowest BCUT2D eigenvalue weighted by atomic mass is 9.84. The fourth-order valence-corrected chi connectivity index (χ4v) is 5.64. The summed E-state index contributed by atoms with van der Waals surface area (Å²) in [6, 6.07) is 11.3. The highest BCUT2D eigenvalue weighted by atomic mass is 32.2. The van der Waals surface area contributed by atoms with E-state index in [4.69, 9.17) is 0 Å². The van der Waals surface area contributed by atoms with E-state index >= 15 is 0 Å². The zero-order valence-corrected chi connectivity index (χ0v) is 19.4. The van der Waals surface area contributed by atoms with Crippen LogP contribution in [0.3, 0.4) is 0 Å². The van der Waals surface area contributed by atoms with Gasteiger partial charge in [-0.1, -0.05) is 50.6 Å². The third kappa shape index (κ3) is 5.07. The topological polar surface area (TPSA) is 83.6 Å². The molecule has 1 unspecified atom stereocenters. The number of hydrogen-bond donors (Lipinski definition) is 1. The first-order valence-corrected chi connectivity index (χ1v) is 12.1. The monoisotopic (exact) mass is 460 g/mol. The van der Waals surface area contributed by atoms with E-state index in [0.29, 0.717) is 24.0 Å². The SMILES string of the molecule is CC(=O)c1ccc(S(=O)(=O)N2CCCCC2C(=O)NCC(C)(C)c2ccccc2F)cc1. The first-order chi connectivity index (χ1) is 15.0. The zero-order chi connectivity index (χ0) is 23.5. The number of amides is 1. The van der Waals surface area contributed by atoms with Gasteiger partial charge >= 0.3 is 0 Å². The van der Waals surface area contributed by atoms with Crippen LogP contribution >= 0.6 is 0 Å². The van der Waals surface area contributed by atoms with E-state index in [-0.39, 0.29) is 29.6 Å². The lowest BCUT2D eigenvalue weighted by Gasteiger charge is -2.35. The third-order valence-electron chi connectivity index (χ3n) is 5.93. The molecule has 1 amide bonds. The van der Waals surface area contributed by atoms with Crippen LogP contribution in [0.5, 0.6) is 0 Å². The maximum atomic E-state index is 14.2. The summed E-state index contributed by atoms with van der Waals surface area (Å²) in [5, 5.41) is 2.84. The van der Waals surface area contributed by atoms with Crippen LogP contribution in [-0.4, -0.2) is 43.5 Å². The summed E-state index contributed by atoms with van der Waals surface area (Å²) in [5.74, 6) is -0.887. The average molecular weight is 461 g/mol. The molecule has 1 atom stereocenters. The van der Waals surface area contributed by atoms with Crippen molar-refractivity contribution in [2.24, 2.45) is 0 Å². The van der Waals surface area contributed by atoms with Crippen LogP contribution in [0.1, 0.15) is 56.0 Å². The van der Waals surface area contributed by atoms with Gasteiger partial charge < -0.3 is 5.32 Å². The zero-order valence-electron chi connectivity index (χ0n) is 18.6. The number of ketones is 1. The van der Waals surface area contributed by atoms with Crippen molar-refractivity contribution in [2.45, 2.75) is 56.4 Å². The number of rotatable bonds is 7. The van der Waals surface area contributed by atoms with Crippen LogP contribution < -0.4 is 5.32 Å². The molecule has 0 aromatic heterocycles. The van der Waals surface area contributed by atoms with E-state index in [1.54, 1.807) is 18.2 Å². The van der Waals surface area contributed by atoms with Gasteiger partial charge in [0.05, 0.1) is 4.90 Å². The van der Waals surface area contributed by atoms with Gasteiger partial charge in [-0.2, -0.15) is 4.31 Å². The summed E-state index contributed by atoms with van der Waals surface area (Å²) in [5.41, 5.74) is 0.244. The minimum Gasteiger partial charge on any atom is -0.354 e. The van der Waals surface area contributed by atoms with E-state index in [1.165, 1.54) is 41.6 Å². The second-order valence-corrected chi connectivity index (χ2v) is 10.7. The number of sulfonamides is 1. The van der Waals surface area contributed by atoms with E-state index in [9.17, 15) is 22.4 Å². The molecule has 1 aliphatic rings. The fraction of sp³-hybridized carbons (Fsp3) is 0.417. The van der Waals surface area contributed by atoms with Crippen LogP contribution in [0.4, 0.5) is 4.39 Å². The van der Waals surface area contributed by atoms with Crippen LogP contribution in [0, 0.1) is 5.82 Å². The molecule has 1 N–H and O–H groups in total. The molecule has 1 heterocycles. The number of hydrogen-bond acceptors (Lipinski definition) is 4. The summed E-state index contributed by atoms with van der Waals surface area (Å²) in [6.45, 7) is 5.49. The predicted octanol–water partition coefficient (Wildman–Crippen LogP) is 3.67. The van der Waals surface area contributed by atoms with Crippen molar-refractivity contribution in [1.29, 1.82) is 0 Å². The highest BCUT2D eigenvalue weighted by molar-refractivity contribution is 7.89. The van der Waals surface area contributed by atoms with Gasteiger partial charge in [0.15, 0.2) is 5.78 Å². The molecule has 32 heavy (non-hydrogen) atoms. The Labute approximate surface area is 188 Å². The lowest BCUT2D eigenvalue weighted by Crippen LogP contribution is -2.53. The minimum atomic E-state index is -3.91.